The van der Waals surface area contributed by atoms with Gasteiger partial charge in [0.1, 0.15) is 17.5 Å². The minimum atomic E-state index is 0.471. The average Bonchev–Trinajstić information content (AvgIpc) is 2.74. The molecule has 2 aromatic rings. The zero-order valence-corrected chi connectivity index (χ0v) is 18.9. The number of aromatic nitrogens is 2. The van der Waals surface area contributed by atoms with Gasteiger partial charge in [0.2, 0.25) is 0 Å². The van der Waals surface area contributed by atoms with Crippen molar-refractivity contribution in [3.8, 4) is 11.5 Å². The molecule has 0 bridgehead atoms. The molecule has 1 aromatic heterocycles. The first-order valence-corrected chi connectivity index (χ1v) is 10.7. The van der Waals surface area contributed by atoms with Crippen molar-refractivity contribution in [2.75, 3.05) is 45.1 Å². The number of nitrogens with zero attached hydrogens (tertiary/aromatic N) is 3. The van der Waals surface area contributed by atoms with E-state index in [4.69, 9.17) is 9.47 Å². The predicted octanol–water partition coefficient (Wildman–Crippen LogP) is 3.42. The first kappa shape index (κ1) is 22.2. The second-order valence-electron chi connectivity index (χ2n) is 8.14. The van der Waals surface area contributed by atoms with Crippen LogP contribution in [0.5, 0.6) is 11.5 Å². The largest absolute Gasteiger partial charge is 0.493 e. The van der Waals surface area contributed by atoms with E-state index in [9.17, 15) is 0 Å². The smallest absolute Gasteiger partial charge is 0.160 e. The third-order valence-electron chi connectivity index (χ3n) is 5.66. The molecule has 1 saturated carbocycles. The number of methoxy groups -OCH3 is 2. The van der Waals surface area contributed by atoms with E-state index in [1.54, 1.807) is 14.2 Å². The zero-order chi connectivity index (χ0) is 21.5. The van der Waals surface area contributed by atoms with E-state index in [2.05, 4.69) is 32.7 Å². The van der Waals surface area contributed by atoms with Gasteiger partial charge in [-0.3, -0.25) is 0 Å². The summed E-state index contributed by atoms with van der Waals surface area (Å²) >= 11 is 0. The van der Waals surface area contributed by atoms with Crippen molar-refractivity contribution in [3.63, 3.8) is 0 Å². The molecule has 1 fully saturated rings. The first-order valence-electron chi connectivity index (χ1n) is 10.7. The second kappa shape index (κ2) is 10.5. The van der Waals surface area contributed by atoms with Crippen molar-refractivity contribution >= 4 is 11.6 Å². The Morgan fingerprint density at radius 3 is 2.33 bits per heavy atom. The van der Waals surface area contributed by atoms with Crippen LogP contribution < -0.4 is 25.0 Å². The van der Waals surface area contributed by atoms with Gasteiger partial charge in [0, 0.05) is 32.2 Å². The maximum Gasteiger partial charge on any atom is 0.160 e. The molecule has 0 radical (unpaired) electrons. The maximum absolute atomic E-state index is 5.40. The van der Waals surface area contributed by atoms with Crippen molar-refractivity contribution in [1.82, 2.24) is 15.3 Å². The Morgan fingerprint density at radius 2 is 1.67 bits per heavy atom. The fourth-order valence-electron chi connectivity index (χ4n) is 3.96. The number of nitrogens with one attached hydrogen (secondary N) is 2. The van der Waals surface area contributed by atoms with Crippen molar-refractivity contribution in [2.24, 2.45) is 0 Å². The summed E-state index contributed by atoms with van der Waals surface area (Å²) in [5, 5.41) is 7.33. The van der Waals surface area contributed by atoms with Crippen LogP contribution >= 0.6 is 0 Å². The fourth-order valence-corrected chi connectivity index (χ4v) is 3.96. The molecular formula is C23H35N5O2. The predicted molar refractivity (Wildman–Crippen MR) is 122 cm³/mol. The first-order chi connectivity index (χ1) is 14.5. The molecule has 3 rings (SSSR count). The quantitative estimate of drug-likeness (QED) is 0.653. The van der Waals surface area contributed by atoms with Crippen molar-refractivity contribution in [2.45, 2.75) is 51.1 Å². The summed E-state index contributed by atoms with van der Waals surface area (Å²) in [7, 11) is 7.35. The summed E-state index contributed by atoms with van der Waals surface area (Å²) < 4.78 is 10.7. The zero-order valence-electron chi connectivity index (χ0n) is 18.9. The number of anilines is 2. The monoisotopic (exact) mass is 413 g/mol. The number of aryl methyl sites for hydroxylation is 1. The van der Waals surface area contributed by atoms with E-state index in [-0.39, 0.29) is 0 Å². The van der Waals surface area contributed by atoms with E-state index in [1.165, 1.54) is 18.4 Å². The van der Waals surface area contributed by atoms with E-state index >= 15 is 0 Å². The molecule has 1 aliphatic carbocycles. The highest BCUT2D eigenvalue weighted by molar-refractivity contribution is 5.49. The van der Waals surface area contributed by atoms with Gasteiger partial charge in [-0.05, 0) is 63.3 Å². The molecule has 0 atom stereocenters. The number of rotatable bonds is 9. The van der Waals surface area contributed by atoms with E-state index in [0.29, 0.717) is 12.1 Å². The van der Waals surface area contributed by atoms with Gasteiger partial charge in [0.25, 0.3) is 0 Å². The fraction of sp³-hybridized carbons (Fsp3) is 0.565. The second-order valence-corrected chi connectivity index (χ2v) is 8.14. The average molecular weight is 414 g/mol. The van der Waals surface area contributed by atoms with Crippen molar-refractivity contribution in [3.05, 3.63) is 35.7 Å². The van der Waals surface area contributed by atoms with Crippen molar-refractivity contribution in [1.29, 1.82) is 0 Å². The highest BCUT2D eigenvalue weighted by Crippen LogP contribution is 2.28. The van der Waals surface area contributed by atoms with Crippen LogP contribution in [-0.2, 0) is 6.42 Å². The van der Waals surface area contributed by atoms with Crippen LogP contribution in [0.15, 0.2) is 24.3 Å². The summed E-state index contributed by atoms with van der Waals surface area (Å²) in [6.07, 6.45) is 5.62. The van der Waals surface area contributed by atoms with Gasteiger partial charge in [-0.2, -0.15) is 0 Å². The lowest BCUT2D eigenvalue weighted by Gasteiger charge is -2.30. The third-order valence-corrected chi connectivity index (χ3v) is 5.66. The molecule has 1 heterocycles. The Bertz CT molecular complexity index is 819. The van der Waals surface area contributed by atoms with Gasteiger partial charge < -0.3 is 25.0 Å². The summed E-state index contributed by atoms with van der Waals surface area (Å²) in [6.45, 7) is 2.91. The van der Waals surface area contributed by atoms with Crippen molar-refractivity contribution < 1.29 is 9.47 Å². The van der Waals surface area contributed by atoms with Crippen LogP contribution in [0.3, 0.4) is 0 Å². The molecule has 7 nitrogen and oxygen atoms in total. The van der Waals surface area contributed by atoms with Crippen LogP contribution in [0.4, 0.5) is 11.6 Å². The molecule has 7 heteroatoms. The van der Waals surface area contributed by atoms with Gasteiger partial charge >= 0.3 is 0 Å². The SMILES string of the molecule is COc1ccc(CCNC2CCC(Nc3cc(N(C)C)nc(C)n3)CC2)cc1OC. The Hall–Kier alpha value is -2.54. The highest BCUT2D eigenvalue weighted by atomic mass is 16.5. The number of hydrogen-bond acceptors (Lipinski definition) is 7. The molecule has 0 spiro atoms. The Labute approximate surface area is 180 Å². The van der Waals surface area contributed by atoms with Crippen LogP contribution in [-0.4, -0.2) is 56.9 Å². The number of benzene rings is 1. The van der Waals surface area contributed by atoms with Gasteiger partial charge in [0.05, 0.1) is 14.2 Å². The lowest BCUT2D eigenvalue weighted by Crippen LogP contribution is -2.38. The molecular weight excluding hydrogens is 378 g/mol. The lowest BCUT2D eigenvalue weighted by molar-refractivity contribution is 0.352. The van der Waals surface area contributed by atoms with E-state index < -0.39 is 0 Å². The summed E-state index contributed by atoms with van der Waals surface area (Å²) in [6, 6.07) is 9.22. The van der Waals surface area contributed by atoms with Gasteiger partial charge in [0.15, 0.2) is 11.5 Å². The Morgan fingerprint density at radius 1 is 0.967 bits per heavy atom. The molecule has 1 aliphatic rings. The van der Waals surface area contributed by atoms with Crippen LogP contribution in [0.2, 0.25) is 0 Å². The molecule has 2 N–H and O–H groups in total. The molecule has 1 aromatic carbocycles. The summed E-state index contributed by atoms with van der Waals surface area (Å²) in [4.78, 5) is 11.0. The van der Waals surface area contributed by atoms with Crippen LogP contribution in [0.25, 0.3) is 0 Å². The maximum atomic E-state index is 5.40. The Kier molecular flexibility index (Phi) is 7.74. The normalized spacial score (nSPS) is 18.7. The number of hydrogen-bond donors (Lipinski definition) is 2. The summed E-state index contributed by atoms with van der Waals surface area (Å²) in [5.74, 6) is 4.23. The minimum absolute atomic E-state index is 0.471. The minimum Gasteiger partial charge on any atom is -0.493 e. The Balaban J connectivity index is 1.43. The standard InChI is InChI=1S/C23H35N5O2/c1-16-25-22(15-23(26-16)28(2)3)27-19-9-7-18(8-10-19)24-13-12-17-6-11-20(29-4)21(14-17)30-5/h6,11,14-15,18-19,24H,7-10,12-13H2,1-5H3,(H,25,26,27). The van der Waals surface area contributed by atoms with E-state index in [0.717, 1.165) is 54.8 Å². The van der Waals surface area contributed by atoms with Gasteiger partial charge in [-0.1, -0.05) is 6.07 Å². The third kappa shape index (κ3) is 5.98. The number of ether oxygens (including phenoxy) is 2. The lowest BCUT2D eigenvalue weighted by atomic mass is 9.91. The topological polar surface area (TPSA) is 71.5 Å². The molecule has 164 valence electrons. The van der Waals surface area contributed by atoms with Crippen LogP contribution in [0.1, 0.15) is 37.1 Å². The summed E-state index contributed by atoms with van der Waals surface area (Å²) in [5.41, 5.74) is 1.26. The highest BCUT2D eigenvalue weighted by Gasteiger charge is 2.21. The molecule has 30 heavy (non-hydrogen) atoms. The molecule has 0 saturated heterocycles. The molecule has 0 amide bonds. The van der Waals surface area contributed by atoms with Gasteiger partial charge in [-0.15, -0.1) is 0 Å². The van der Waals surface area contributed by atoms with Crippen LogP contribution in [0, 0.1) is 6.92 Å². The van der Waals surface area contributed by atoms with E-state index in [1.807, 2.05) is 38.1 Å². The molecule has 0 aliphatic heterocycles. The molecule has 0 unspecified atom stereocenters. The van der Waals surface area contributed by atoms with Gasteiger partial charge in [-0.25, -0.2) is 9.97 Å².